The van der Waals surface area contributed by atoms with E-state index in [-0.39, 0.29) is 36.9 Å². The number of nitrogens with one attached hydrogen (secondary N) is 2. The van der Waals surface area contributed by atoms with Gasteiger partial charge in [-0.25, -0.2) is 4.79 Å². The van der Waals surface area contributed by atoms with Gasteiger partial charge in [0.05, 0.1) is 0 Å². The number of urea groups is 1. The molecule has 0 aliphatic carbocycles. The van der Waals surface area contributed by atoms with Gasteiger partial charge in [-0.15, -0.1) is 0 Å². The largest absolute Gasteiger partial charge is 0.435 e. The van der Waals surface area contributed by atoms with Crippen LogP contribution >= 0.6 is 0 Å². The minimum absolute atomic E-state index is 0.00383. The van der Waals surface area contributed by atoms with Gasteiger partial charge in [0.1, 0.15) is 5.75 Å². The summed E-state index contributed by atoms with van der Waals surface area (Å²) < 4.78 is 28.6. The first-order valence-corrected chi connectivity index (χ1v) is 7.11. The highest BCUT2D eigenvalue weighted by Crippen LogP contribution is 2.15. The summed E-state index contributed by atoms with van der Waals surface area (Å²) >= 11 is 0. The van der Waals surface area contributed by atoms with Crippen LogP contribution in [0.2, 0.25) is 0 Å². The third-order valence-electron chi connectivity index (χ3n) is 3.14. The second-order valence-electron chi connectivity index (χ2n) is 5.22. The van der Waals surface area contributed by atoms with Crippen molar-refractivity contribution in [3.8, 4) is 5.75 Å². The van der Waals surface area contributed by atoms with Gasteiger partial charge in [-0.2, -0.15) is 8.78 Å². The molecule has 7 heteroatoms. The molecule has 1 rings (SSSR count). The number of halogens is 2. The predicted octanol–water partition coefficient (Wildman–Crippen LogP) is 2.49. The van der Waals surface area contributed by atoms with Gasteiger partial charge >= 0.3 is 12.6 Å². The van der Waals surface area contributed by atoms with Crippen molar-refractivity contribution in [3.63, 3.8) is 0 Å². The van der Waals surface area contributed by atoms with Crippen molar-refractivity contribution in [3.05, 3.63) is 29.8 Å². The molecule has 0 spiro atoms. The molecule has 0 saturated heterocycles. The third kappa shape index (κ3) is 6.71. The zero-order valence-electron chi connectivity index (χ0n) is 12.7. The van der Waals surface area contributed by atoms with E-state index in [2.05, 4.69) is 15.4 Å². The zero-order chi connectivity index (χ0) is 16.5. The Bertz CT molecular complexity index is 470. The van der Waals surface area contributed by atoms with Gasteiger partial charge in [0.2, 0.25) is 0 Å². The number of alkyl halides is 2. The Hall–Kier alpha value is -1.89. The number of hydrogen-bond acceptors (Lipinski definition) is 3. The lowest BCUT2D eigenvalue weighted by Gasteiger charge is -2.21. The summed E-state index contributed by atoms with van der Waals surface area (Å²) in [5.41, 5.74) is 0.650. The van der Waals surface area contributed by atoms with E-state index in [9.17, 15) is 13.6 Å². The first kappa shape index (κ1) is 18.2. The molecule has 0 aromatic heterocycles. The molecule has 124 valence electrons. The quantitative estimate of drug-likeness (QED) is 0.690. The highest BCUT2D eigenvalue weighted by Gasteiger charge is 2.15. The number of aliphatic hydroxyl groups excluding tert-OH is 1. The summed E-state index contributed by atoms with van der Waals surface area (Å²) in [5, 5.41) is 14.4. The highest BCUT2D eigenvalue weighted by molar-refractivity contribution is 5.74. The average Bonchev–Trinajstić information content (AvgIpc) is 2.44. The Balaban J connectivity index is 2.49. The summed E-state index contributed by atoms with van der Waals surface area (Å²) in [6, 6.07) is 5.65. The number of rotatable bonds is 8. The van der Waals surface area contributed by atoms with E-state index in [1.165, 1.54) is 12.1 Å². The van der Waals surface area contributed by atoms with Crippen LogP contribution in [-0.2, 0) is 6.54 Å². The lowest BCUT2D eigenvalue weighted by molar-refractivity contribution is -0.0498. The minimum Gasteiger partial charge on any atom is -0.435 e. The summed E-state index contributed by atoms with van der Waals surface area (Å²) in [7, 11) is 0. The average molecular weight is 316 g/mol. The normalized spacial score (nSPS) is 12.3. The topological polar surface area (TPSA) is 70.6 Å². The molecule has 3 N–H and O–H groups in total. The number of ether oxygens (including phenoxy) is 1. The molecule has 0 bridgehead atoms. The maximum absolute atomic E-state index is 12.1. The fourth-order valence-electron chi connectivity index (χ4n) is 1.94. The van der Waals surface area contributed by atoms with Crippen LogP contribution < -0.4 is 15.4 Å². The number of carbonyl (C=O) groups excluding carboxylic acids is 1. The number of aliphatic hydroxyl groups is 1. The van der Waals surface area contributed by atoms with Crippen molar-refractivity contribution >= 4 is 6.03 Å². The molecule has 0 radical (unpaired) electrons. The van der Waals surface area contributed by atoms with E-state index >= 15 is 0 Å². The van der Waals surface area contributed by atoms with Crippen LogP contribution in [0.3, 0.4) is 0 Å². The monoisotopic (exact) mass is 316 g/mol. The molecule has 0 heterocycles. The fourth-order valence-corrected chi connectivity index (χ4v) is 1.94. The zero-order valence-corrected chi connectivity index (χ0v) is 12.7. The van der Waals surface area contributed by atoms with Crippen molar-refractivity contribution in [2.75, 3.05) is 6.61 Å². The number of amides is 2. The molecular formula is C15H22F2N2O3. The van der Waals surface area contributed by atoms with E-state index in [0.29, 0.717) is 12.0 Å². The SMILES string of the molecule is CC(C)C(CCO)NC(=O)NCc1cccc(OC(F)F)c1. The standard InChI is InChI=1S/C15H22F2N2O3/c1-10(2)13(6-7-20)19-15(21)18-9-11-4-3-5-12(8-11)22-14(16)17/h3-5,8,10,13-14,20H,6-7,9H2,1-2H3,(H2,18,19,21). The molecule has 1 aromatic carbocycles. The molecule has 5 nitrogen and oxygen atoms in total. The van der Waals surface area contributed by atoms with Crippen LogP contribution in [0.15, 0.2) is 24.3 Å². The Morgan fingerprint density at radius 3 is 2.68 bits per heavy atom. The molecule has 22 heavy (non-hydrogen) atoms. The first-order valence-electron chi connectivity index (χ1n) is 7.11. The smallest absolute Gasteiger partial charge is 0.387 e. The first-order chi connectivity index (χ1) is 10.4. The van der Waals surface area contributed by atoms with Crippen LogP contribution in [0, 0.1) is 5.92 Å². The van der Waals surface area contributed by atoms with Gasteiger partial charge in [-0.05, 0) is 30.0 Å². The summed E-state index contributed by atoms with van der Waals surface area (Å²) in [5.74, 6) is 0.246. The van der Waals surface area contributed by atoms with E-state index in [0.717, 1.165) is 0 Å². The summed E-state index contributed by atoms with van der Waals surface area (Å²) in [4.78, 5) is 11.8. The van der Waals surface area contributed by atoms with Gasteiger partial charge in [0, 0.05) is 19.2 Å². The maximum atomic E-state index is 12.1. The van der Waals surface area contributed by atoms with Crippen molar-refractivity contribution in [2.45, 2.75) is 39.5 Å². The number of carbonyl (C=O) groups is 1. The van der Waals surface area contributed by atoms with E-state index in [1.807, 2.05) is 13.8 Å². The van der Waals surface area contributed by atoms with Crippen molar-refractivity contribution in [1.82, 2.24) is 10.6 Å². The van der Waals surface area contributed by atoms with E-state index < -0.39 is 6.61 Å². The van der Waals surface area contributed by atoms with E-state index in [1.54, 1.807) is 12.1 Å². The van der Waals surface area contributed by atoms with Crippen LogP contribution in [0.25, 0.3) is 0 Å². The van der Waals surface area contributed by atoms with Crippen molar-refractivity contribution < 1.29 is 23.4 Å². The predicted molar refractivity (Wildman–Crippen MR) is 78.8 cm³/mol. The second-order valence-corrected chi connectivity index (χ2v) is 5.22. The summed E-state index contributed by atoms with van der Waals surface area (Å²) in [6.07, 6.45) is 0.475. The minimum atomic E-state index is -2.88. The Morgan fingerprint density at radius 2 is 2.09 bits per heavy atom. The Kier molecular flexibility index (Phi) is 7.59. The Labute approximate surface area is 128 Å². The molecule has 0 fully saturated rings. The molecule has 2 amide bonds. The van der Waals surface area contributed by atoms with Gasteiger partial charge in [0.15, 0.2) is 0 Å². The van der Waals surface area contributed by atoms with Gasteiger partial charge in [-0.1, -0.05) is 26.0 Å². The maximum Gasteiger partial charge on any atom is 0.387 e. The van der Waals surface area contributed by atoms with E-state index in [4.69, 9.17) is 5.11 Å². The van der Waals surface area contributed by atoms with Crippen molar-refractivity contribution in [2.24, 2.45) is 5.92 Å². The number of benzene rings is 1. The van der Waals surface area contributed by atoms with Gasteiger partial charge in [0.25, 0.3) is 0 Å². The van der Waals surface area contributed by atoms with Gasteiger partial charge < -0.3 is 20.5 Å². The Morgan fingerprint density at radius 1 is 1.36 bits per heavy atom. The molecule has 1 aromatic rings. The van der Waals surface area contributed by atoms with Crippen LogP contribution in [0.4, 0.5) is 13.6 Å². The third-order valence-corrected chi connectivity index (χ3v) is 3.14. The highest BCUT2D eigenvalue weighted by atomic mass is 19.3. The van der Waals surface area contributed by atoms with Crippen LogP contribution in [0.1, 0.15) is 25.8 Å². The molecule has 0 saturated carbocycles. The van der Waals surface area contributed by atoms with Gasteiger partial charge in [-0.3, -0.25) is 0 Å². The second kappa shape index (κ2) is 9.19. The lowest BCUT2D eigenvalue weighted by atomic mass is 10.0. The molecule has 1 atom stereocenters. The molecule has 1 unspecified atom stereocenters. The molecule has 0 aliphatic rings. The van der Waals surface area contributed by atoms with Crippen LogP contribution in [0.5, 0.6) is 5.75 Å². The van der Waals surface area contributed by atoms with Crippen LogP contribution in [-0.4, -0.2) is 30.4 Å². The number of hydrogen-bond donors (Lipinski definition) is 3. The lowest BCUT2D eigenvalue weighted by Crippen LogP contribution is -2.44. The van der Waals surface area contributed by atoms with Crippen molar-refractivity contribution in [1.29, 1.82) is 0 Å². The summed E-state index contributed by atoms with van der Waals surface area (Å²) in [6.45, 7) is 1.21. The fraction of sp³-hybridized carbons (Fsp3) is 0.533. The molecule has 0 aliphatic heterocycles. The molecular weight excluding hydrogens is 294 g/mol.